The molecule has 2 heteroatoms. The average molecular weight is 279 g/mol. The summed E-state index contributed by atoms with van der Waals surface area (Å²) in [7, 11) is 0. The lowest BCUT2D eigenvalue weighted by Crippen LogP contribution is -2.23. The van der Waals surface area contributed by atoms with Gasteiger partial charge in [0.25, 0.3) is 0 Å². The summed E-state index contributed by atoms with van der Waals surface area (Å²) >= 11 is 0. The maximum Gasteiger partial charge on any atom is 0.227 e. The van der Waals surface area contributed by atoms with Crippen LogP contribution in [0.1, 0.15) is 29.5 Å². The Balaban J connectivity index is 1.62. The van der Waals surface area contributed by atoms with Gasteiger partial charge < -0.3 is 4.90 Å². The van der Waals surface area contributed by atoms with Crippen molar-refractivity contribution in [2.45, 2.75) is 32.6 Å². The Kier molecular flexibility index (Phi) is 4.05. The van der Waals surface area contributed by atoms with Crippen molar-refractivity contribution >= 4 is 11.6 Å². The molecule has 1 saturated heterocycles. The smallest absolute Gasteiger partial charge is 0.227 e. The molecule has 108 valence electrons. The molecule has 2 aromatic rings. The van der Waals surface area contributed by atoms with E-state index in [9.17, 15) is 4.79 Å². The predicted molar refractivity (Wildman–Crippen MR) is 86.6 cm³/mol. The van der Waals surface area contributed by atoms with E-state index in [-0.39, 0.29) is 5.91 Å². The van der Waals surface area contributed by atoms with Gasteiger partial charge in [0.1, 0.15) is 0 Å². The minimum atomic E-state index is 0.252. The molecule has 0 N–H and O–H groups in total. The average Bonchev–Trinajstić information content (AvgIpc) is 2.93. The minimum Gasteiger partial charge on any atom is -0.312 e. The molecular formula is C19H21NO. The van der Waals surface area contributed by atoms with Crippen molar-refractivity contribution in [1.82, 2.24) is 0 Å². The van der Waals surface area contributed by atoms with Crippen LogP contribution in [0.5, 0.6) is 0 Å². The van der Waals surface area contributed by atoms with Crippen LogP contribution in [0, 0.1) is 6.92 Å². The molecule has 0 unspecified atom stereocenters. The maximum absolute atomic E-state index is 11.7. The summed E-state index contributed by atoms with van der Waals surface area (Å²) in [6.07, 6.45) is 3.77. The van der Waals surface area contributed by atoms with Crippen molar-refractivity contribution in [1.29, 1.82) is 0 Å². The molecule has 1 fully saturated rings. The third kappa shape index (κ3) is 3.33. The van der Waals surface area contributed by atoms with E-state index in [1.807, 2.05) is 4.90 Å². The van der Waals surface area contributed by atoms with E-state index < -0.39 is 0 Å². The molecule has 1 aliphatic heterocycles. The highest BCUT2D eigenvalue weighted by molar-refractivity contribution is 5.95. The molecule has 0 aliphatic carbocycles. The lowest BCUT2D eigenvalue weighted by Gasteiger charge is -2.15. The molecule has 2 aromatic carbocycles. The summed E-state index contributed by atoms with van der Waals surface area (Å²) < 4.78 is 0. The standard InChI is InChI=1S/C19H21NO/c1-15-4-6-16(7-5-15)8-9-17-10-12-18(13-11-17)20-14-2-3-19(20)21/h4-7,10-13H,2-3,8-9,14H2,1H3. The van der Waals surface area contributed by atoms with E-state index in [1.165, 1.54) is 16.7 Å². The highest BCUT2D eigenvalue weighted by Gasteiger charge is 2.21. The number of nitrogens with zero attached hydrogens (tertiary/aromatic N) is 1. The Hall–Kier alpha value is -2.09. The van der Waals surface area contributed by atoms with Gasteiger partial charge in [-0.15, -0.1) is 0 Å². The molecule has 0 aromatic heterocycles. The molecule has 2 nitrogen and oxygen atoms in total. The third-order valence-electron chi connectivity index (χ3n) is 4.14. The zero-order valence-electron chi connectivity index (χ0n) is 12.5. The van der Waals surface area contributed by atoms with Gasteiger partial charge in [-0.1, -0.05) is 42.0 Å². The van der Waals surface area contributed by atoms with Gasteiger partial charge in [0.05, 0.1) is 0 Å². The molecule has 0 atom stereocenters. The lowest BCUT2D eigenvalue weighted by molar-refractivity contribution is -0.117. The summed E-state index contributed by atoms with van der Waals surface area (Å²) in [5.41, 5.74) is 5.04. The quantitative estimate of drug-likeness (QED) is 0.831. The number of carbonyl (C=O) groups is 1. The molecule has 0 radical (unpaired) electrons. The normalized spacial score (nSPS) is 14.7. The number of anilines is 1. The first-order valence-corrected chi connectivity index (χ1v) is 7.67. The maximum atomic E-state index is 11.7. The highest BCUT2D eigenvalue weighted by atomic mass is 16.2. The van der Waals surface area contributed by atoms with E-state index >= 15 is 0 Å². The van der Waals surface area contributed by atoms with Crippen LogP contribution < -0.4 is 4.90 Å². The van der Waals surface area contributed by atoms with Crippen LogP contribution in [0.4, 0.5) is 5.69 Å². The first kappa shape index (κ1) is 13.9. The fraction of sp³-hybridized carbons (Fsp3) is 0.316. The number of benzene rings is 2. The molecule has 0 bridgehead atoms. The molecule has 0 spiro atoms. The van der Waals surface area contributed by atoms with E-state index in [1.54, 1.807) is 0 Å². The summed E-state index contributed by atoms with van der Waals surface area (Å²) in [6, 6.07) is 17.2. The largest absolute Gasteiger partial charge is 0.312 e. The first-order chi connectivity index (χ1) is 10.2. The summed E-state index contributed by atoms with van der Waals surface area (Å²) in [6.45, 7) is 2.98. The third-order valence-corrected chi connectivity index (χ3v) is 4.14. The number of aryl methyl sites for hydroxylation is 3. The Bertz CT molecular complexity index is 613. The minimum absolute atomic E-state index is 0.252. The fourth-order valence-corrected chi connectivity index (χ4v) is 2.81. The first-order valence-electron chi connectivity index (χ1n) is 7.67. The number of rotatable bonds is 4. The van der Waals surface area contributed by atoms with Crippen LogP contribution in [0.15, 0.2) is 48.5 Å². The van der Waals surface area contributed by atoms with Gasteiger partial charge in [-0.3, -0.25) is 4.79 Å². The second kappa shape index (κ2) is 6.13. The van der Waals surface area contributed by atoms with E-state index in [0.717, 1.165) is 31.5 Å². The van der Waals surface area contributed by atoms with Gasteiger partial charge in [-0.05, 0) is 49.4 Å². The lowest BCUT2D eigenvalue weighted by atomic mass is 10.0. The van der Waals surface area contributed by atoms with Crippen molar-refractivity contribution < 1.29 is 4.79 Å². The summed E-state index contributed by atoms with van der Waals surface area (Å²) in [5, 5.41) is 0. The van der Waals surface area contributed by atoms with Gasteiger partial charge in [-0.2, -0.15) is 0 Å². The number of hydrogen-bond acceptors (Lipinski definition) is 1. The van der Waals surface area contributed by atoms with Crippen molar-refractivity contribution in [3.05, 3.63) is 65.2 Å². The fourth-order valence-electron chi connectivity index (χ4n) is 2.81. The number of amides is 1. The predicted octanol–water partition coefficient (Wildman–Crippen LogP) is 3.91. The molecule has 3 rings (SSSR count). The van der Waals surface area contributed by atoms with Gasteiger partial charge in [0, 0.05) is 18.7 Å². The van der Waals surface area contributed by atoms with Gasteiger partial charge in [0.2, 0.25) is 5.91 Å². The van der Waals surface area contributed by atoms with Crippen LogP contribution in [0.2, 0.25) is 0 Å². The Morgan fingerprint density at radius 1 is 0.905 bits per heavy atom. The second-order valence-electron chi connectivity index (χ2n) is 5.80. The molecule has 0 saturated carbocycles. The van der Waals surface area contributed by atoms with E-state index in [4.69, 9.17) is 0 Å². The SMILES string of the molecule is Cc1ccc(CCc2ccc(N3CCCC3=O)cc2)cc1. The highest BCUT2D eigenvalue weighted by Crippen LogP contribution is 2.22. The Morgan fingerprint density at radius 3 is 2.00 bits per heavy atom. The number of carbonyl (C=O) groups excluding carboxylic acids is 1. The summed E-state index contributed by atoms with van der Waals surface area (Å²) in [5.74, 6) is 0.252. The molecule has 1 heterocycles. The Morgan fingerprint density at radius 2 is 1.48 bits per heavy atom. The van der Waals surface area contributed by atoms with Crippen molar-refractivity contribution in [3.8, 4) is 0 Å². The van der Waals surface area contributed by atoms with E-state index in [2.05, 4.69) is 55.5 Å². The summed E-state index contributed by atoms with van der Waals surface area (Å²) in [4.78, 5) is 13.6. The zero-order valence-corrected chi connectivity index (χ0v) is 12.5. The van der Waals surface area contributed by atoms with Crippen molar-refractivity contribution in [2.75, 3.05) is 11.4 Å². The van der Waals surface area contributed by atoms with Crippen molar-refractivity contribution in [3.63, 3.8) is 0 Å². The van der Waals surface area contributed by atoms with Gasteiger partial charge in [0.15, 0.2) is 0 Å². The molecule has 21 heavy (non-hydrogen) atoms. The van der Waals surface area contributed by atoms with Gasteiger partial charge in [-0.25, -0.2) is 0 Å². The van der Waals surface area contributed by atoms with E-state index in [0.29, 0.717) is 6.42 Å². The van der Waals surface area contributed by atoms with Gasteiger partial charge >= 0.3 is 0 Å². The Labute approximate surface area is 126 Å². The van der Waals surface area contributed by atoms with Crippen LogP contribution in [-0.2, 0) is 17.6 Å². The topological polar surface area (TPSA) is 20.3 Å². The van der Waals surface area contributed by atoms with Crippen LogP contribution in [-0.4, -0.2) is 12.5 Å². The monoisotopic (exact) mass is 279 g/mol. The molecular weight excluding hydrogens is 258 g/mol. The number of hydrogen-bond donors (Lipinski definition) is 0. The zero-order chi connectivity index (χ0) is 14.7. The second-order valence-corrected chi connectivity index (χ2v) is 5.80. The molecule has 1 amide bonds. The van der Waals surface area contributed by atoms with Crippen LogP contribution in [0.25, 0.3) is 0 Å². The molecule has 1 aliphatic rings. The van der Waals surface area contributed by atoms with Crippen LogP contribution >= 0.6 is 0 Å². The van der Waals surface area contributed by atoms with Crippen LogP contribution in [0.3, 0.4) is 0 Å². The van der Waals surface area contributed by atoms with Crippen molar-refractivity contribution in [2.24, 2.45) is 0 Å².